The first-order valence-electron chi connectivity index (χ1n) is 20.0. The van der Waals surface area contributed by atoms with Crippen LogP contribution in [0.1, 0.15) is 142 Å². The maximum atomic E-state index is 12.5. The minimum atomic E-state index is -0.379. The molecule has 1 amide bonds. The van der Waals surface area contributed by atoms with E-state index in [1.165, 1.54) is 116 Å². The maximum Gasteiger partial charge on any atom is 0.409 e. The van der Waals surface area contributed by atoms with E-state index >= 15 is 0 Å². The number of likely N-dealkylation sites (N-methyl/N-ethyl adjacent to an activating group) is 2. The van der Waals surface area contributed by atoms with Gasteiger partial charge in [-0.15, -0.1) is 0 Å². The highest BCUT2D eigenvalue weighted by Crippen LogP contribution is 2.22. The molecule has 0 N–H and O–H groups in total. The lowest BCUT2D eigenvalue weighted by Gasteiger charge is -2.25. The molecule has 1 fully saturated rings. The van der Waals surface area contributed by atoms with Crippen molar-refractivity contribution >= 4 is 6.09 Å². The van der Waals surface area contributed by atoms with Gasteiger partial charge in [0.15, 0.2) is 0 Å². The van der Waals surface area contributed by atoms with Crippen LogP contribution in [0.3, 0.4) is 0 Å². The molecule has 48 heavy (non-hydrogen) atoms. The van der Waals surface area contributed by atoms with Gasteiger partial charge >= 0.3 is 6.09 Å². The van der Waals surface area contributed by atoms with Crippen LogP contribution in [0, 0.1) is 0 Å². The summed E-state index contributed by atoms with van der Waals surface area (Å²) in [7, 11) is 5.72. The first-order valence-corrected chi connectivity index (χ1v) is 20.0. The number of hydrogen-bond acceptors (Lipinski definition) is 8. The Labute approximate surface area is 296 Å². The standard InChI is InChI=1S/C39H78N2O7/c1-6-8-10-12-14-16-18-20-22-24-28-43-30-32-45-36-34-47-37(35-48-39(42)41(5)27-26-40(3)4)38(36)46-33-31-44-29-25-23-21-19-17-15-13-11-9-7-2/h36-38H,6-35H2,1-5H3/t36-,37+,38+/m0/s1. The fourth-order valence-corrected chi connectivity index (χ4v) is 5.94. The van der Waals surface area contributed by atoms with Gasteiger partial charge in [-0.25, -0.2) is 4.79 Å². The van der Waals surface area contributed by atoms with E-state index in [-0.39, 0.29) is 31.0 Å². The number of amides is 1. The van der Waals surface area contributed by atoms with Gasteiger partial charge in [0.2, 0.25) is 0 Å². The van der Waals surface area contributed by atoms with Crippen molar-refractivity contribution in [1.29, 1.82) is 0 Å². The predicted molar refractivity (Wildman–Crippen MR) is 197 cm³/mol. The van der Waals surface area contributed by atoms with Crippen molar-refractivity contribution < 1.29 is 33.2 Å². The molecule has 0 aliphatic carbocycles. The van der Waals surface area contributed by atoms with Crippen molar-refractivity contribution in [3.8, 4) is 0 Å². The van der Waals surface area contributed by atoms with Crippen LogP contribution in [0.25, 0.3) is 0 Å². The van der Waals surface area contributed by atoms with Crippen molar-refractivity contribution in [2.24, 2.45) is 0 Å². The molecule has 9 heteroatoms. The molecule has 1 rings (SSSR count). The molecule has 9 nitrogen and oxygen atoms in total. The van der Waals surface area contributed by atoms with Crippen LogP contribution in [-0.4, -0.2) is 121 Å². The molecular weight excluding hydrogens is 608 g/mol. The zero-order valence-electron chi connectivity index (χ0n) is 32.2. The normalized spacial score (nSPS) is 17.8. The summed E-state index contributed by atoms with van der Waals surface area (Å²) in [5, 5.41) is 0. The Hall–Kier alpha value is -0.970. The van der Waals surface area contributed by atoms with Gasteiger partial charge in [-0.2, -0.15) is 0 Å². The van der Waals surface area contributed by atoms with E-state index in [2.05, 4.69) is 13.8 Å². The lowest BCUT2D eigenvalue weighted by Crippen LogP contribution is -2.40. The summed E-state index contributed by atoms with van der Waals surface area (Å²) in [4.78, 5) is 16.2. The third-order valence-corrected chi connectivity index (χ3v) is 9.15. The number of ether oxygens (including phenoxy) is 6. The molecule has 3 atom stereocenters. The van der Waals surface area contributed by atoms with Crippen LogP contribution in [0.5, 0.6) is 0 Å². The first kappa shape index (κ1) is 45.1. The highest BCUT2D eigenvalue weighted by atomic mass is 16.6. The third-order valence-electron chi connectivity index (χ3n) is 9.15. The molecule has 0 aromatic heterocycles. The van der Waals surface area contributed by atoms with Gasteiger partial charge in [0, 0.05) is 33.4 Å². The highest BCUT2D eigenvalue weighted by molar-refractivity contribution is 5.67. The number of carbonyl (C=O) groups excluding carboxylic acids is 1. The molecular formula is C39H78N2O7. The largest absolute Gasteiger partial charge is 0.447 e. The average Bonchev–Trinajstić information content (AvgIpc) is 3.47. The lowest BCUT2D eigenvalue weighted by molar-refractivity contribution is -0.0906. The zero-order chi connectivity index (χ0) is 34.9. The van der Waals surface area contributed by atoms with Gasteiger partial charge in [0.1, 0.15) is 24.9 Å². The molecule has 0 unspecified atom stereocenters. The summed E-state index contributed by atoms with van der Waals surface area (Å²) < 4.78 is 35.7. The van der Waals surface area contributed by atoms with Crippen LogP contribution in [0.2, 0.25) is 0 Å². The van der Waals surface area contributed by atoms with E-state index < -0.39 is 0 Å². The van der Waals surface area contributed by atoms with E-state index in [1.807, 2.05) is 19.0 Å². The monoisotopic (exact) mass is 687 g/mol. The van der Waals surface area contributed by atoms with Crippen LogP contribution in [0.4, 0.5) is 4.79 Å². The third kappa shape index (κ3) is 25.9. The molecule has 0 radical (unpaired) electrons. The van der Waals surface area contributed by atoms with Crippen LogP contribution >= 0.6 is 0 Å². The van der Waals surface area contributed by atoms with E-state index in [0.717, 1.165) is 32.6 Å². The van der Waals surface area contributed by atoms with Gasteiger partial charge in [-0.3, -0.25) is 0 Å². The smallest absolute Gasteiger partial charge is 0.409 e. The zero-order valence-corrected chi connectivity index (χ0v) is 32.2. The van der Waals surface area contributed by atoms with E-state index in [9.17, 15) is 4.79 Å². The van der Waals surface area contributed by atoms with Crippen molar-refractivity contribution in [2.45, 2.75) is 161 Å². The number of nitrogens with zero attached hydrogens (tertiary/aromatic N) is 2. The number of rotatable bonds is 35. The average molecular weight is 687 g/mol. The maximum absolute atomic E-state index is 12.5. The molecule has 1 heterocycles. The molecule has 0 aromatic rings. The fraction of sp³-hybridized carbons (Fsp3) is 0.974. The second-order valence-electron chi connectivity index (χ2n) is 14.0. The van der Waals surface area contributed by atoms with Gasteiger partial charge in [0.05, 0.1) is 33.0 Å². The van der Waals surface area contributed by atoms with E-state index in [1.54, 1.807) is 11.9 Å². The summed E-state index contributed by atoms with van der Waals surface area (Å²) >= 11 is 0. The Balaban J connectivity index is 2.28. The van der Waals surface area contributed by atoms with Crippen molar-refractivity contribution in [3.63, 3.8) is 0 Å². The molecule has 1 aliphatic rings. The fourth-order valence-electron chi connectivity index (χ4n) is 5.94. The SMILES string of the molecule is CCCCCCCCCCCCOCCO[C@@H]1[C@@H](OCCOCCCCCCCCCCCC)CO[C@@H]1COC(=O)N(C)CCN(C)C. The summed E-state index contributed by atoms with van der Waals surface area (Å²) in [5.41, 5.74) is 0. The molecule has 0 aromatic carbocycles. The van der Waals surface area contributed by atoms with Gasteiger partial charge < -0.3 is 38.2 Å². The quantitative estimate of drug-likeness (QED) is 0.0613. The van der Waals surface area contributed by atoms with Crippen molar-refractivity contribution in [1.82, 2.24) is 9.80 Å². The number of carbonyl (C=O) groups is 1. The highest BCUT2D eigenvalue weighted by Gasteiger charge is 2.40. The molecule has 1 aliphatic heterocycles. The minimum Gasteiger partial charge on any atom is -0.447 e. The van der Waals surface area contributed by atoms with Crippen LogP contribution < -0.4 is 0 Å². The summed E-state index contributed by atoms with van der Waals surface area (Å²) in [5.74, 6) is 0. The van der Waals surface area contributed by atoms with E-state index in [0.29, 0.717) is 39.6 Å². The Bertz CT molecular complexity index is 699. The summed E-state index contributed by atoms with van der Waals surface area (Å²) in [6.07, 6.45) is 25.0. The number of unbranched alkanes of at least 4 members (excludes halogenated alkanes) is 18. The Morgan fingerprint density at radius 2 is 1.04 bits per heavy atom. The van der Waals surface area contributed by atoms with Gasteiger partial charge in [0.25, 0.3) is 0 Å². The second kappa shape index (κ2) is 33.2. The van der Waals surface area contributed by atoms with Crippen molar-refractivity contribution in [2.75, 3.05) is 87.1 Å². The number of hydrogen-bond donors (Lipinski definition) is 0. The minimum absolute atomic E-state index is 0.129. The first-order chi connectivity index (χ1) is 23.5. The second-order valence-corrected chi connectivity index (χ2v) is 14.0. The Morgan fingerprint density at radius 3 is 1.52 bits per heavy atom. The van der Waals surface area contributed by atoms with E-state index in [4.69, 9.17) is 28.4 Å². The van der Waals surface area contributed by atoms with Crippen molar-refractivity contribution in [3.05, 3.63) is 0 Å². The van der Waals surface area contributed by atoms with Gasteiger partial charge in [-0.1, -0.05) is 129 Å². The Morgan fingerprint density at radius 1 is 0.583 bits per heavy atom. The molecule has 0 bridgehead atoms. The van der Waals surface area contributed by atoms with Crippen LogP contribution in [-0.2, 0) is 28.4 Å². The summed E-state index contributed by atoms with van der Waals surface area (Å²) in [6.45, 7) is 10.00. The predicted octanol–water partition coefficient (Wildman–Crippen LogP) is 8.66. The Kier molecular flexibility index (Phi) is 31.2. The lowest BCUT2D eigenvalue weighted by atomic mass is 10.1. The molecule has 0 saturated carbocycles. The molecule has 286 valence electrons. The molecule has 1 saturated heterocycles. The van der Waals surface area contributed by atoms with Crippen LogP contribution in [0.15, 0.2) is 0 Å². The van der Waals surface area contributed by atoms with Gasteiger partial charge in [-0.05, 0) is 26.9 Å². The molecule has 0 spiro atoms. The topological polar surface area (TPSA) is 78.9 Å². The summed E-state index contributed by atoms with van der Waals surface area (Å²) in [6, 6.07) is 0.